The number of benzene rings is 1. The first-order valence-corrected chi connectivity index (χ1v) is 7.43. The van der Waals surface area contributed by atoms with Gasteiger partial charge in [-0.1, -0.05) is 19.1 Å². The van der Waals surface area contributed by atoms with Crippen LogP contribution in [0.1, 0.15) is 19.8 Å². The molecule has 0 saturated heterocycles. The highest BCUT2D eigenvalue weighted by Gasteiger charge is 2.16. The van der Waals surface area contributed by atoms with E-state index in [0.29, 0.717) is 30.0 Å². The highest BCUT2D eigenvalue weighted by atomic mass is 32.2. The van der Waals surface area contributed by atoms with E-state index in [4.69, 9.17) is 5.11 Å². The molecule has 1 aromatic rings. The minimum absolute atomic E-state index is 0.0941. The fourth-order valence-corrected chi connectivity index (χ4v) is 3.08. The summed E-state index contributed by atoms with van der Waals surface area (Å²) in [5.41, 5.74) is 0.620. The molecule has 1 rings (SSSR count). The first-order chi connectivity index (χ1) is 8.11. The van der Waals surface area contributed by atoms with Crippen LogP contribution in [0.2, 0.25) is 0 Å². The Balaban J connectivity index is 2.91. The van der Waals surface area contributed by atoms with E-state index < -0.39 is 9.84 Å². The van der Waals surface area contributed by atoms with E-state index in [9.17, 15) is 8.42 Å². The number of hydrogen-bond acceptors (Lipinski definition) is 4. The van der Waals surface area contributed by atoms with Gasteiger partial charge in [0.05, 0.1) is 16.3 Å². The molecule has 0 amide bonds. The number of para-hydroxylation sites is 1. The molecule has 5 heteroatoms. The number of anilines is 1. The summed E-state index contributed by atoms with van der Waals surface area (Å²) in [4.78, 5) is 0.347. The van der Waals surface area contributed by atoms with Crippen LogP contribution in [0.15, 0.2) is 29.2 Å². The molecule has 0 aliphatic carbocycles. The van der Waals surface area contributed by atoms with E-state index in [1.54, 1.807) is 24.3 Å². The lowest BCUT2D eigenvalue weighted by Gasteiger charge is -2.11. The van der Waals surface area contributed by atoms with Crippen LogP contribution in [-0.2, 0) is 9.84 Å². The number of sulfone groups is 1. The van der Waals surface area contributed by atoms with Gasteiger partial charge < -0.3 is 10.4 Å². The molecule has 0 unspecified atom stereocenters. The summed E-state index contributed by atoms with van der Waals surface area (Å²) in [5.74, 6) is 0.158. The first kappa shape index (κ1) is 14.0. The molecule has 0 saturated carbocycles. The molecule has 0 radical (unpaired) electrons. The maximum Gasteiger partial charge on any atom is 0.180 e. The van der Waals surface area contributed by atoms with Crippen molar-refractivity contribution in [3.8, 4) is 0 Å². The molecule has 0 aliphatic heterocycles. The molecule has 0 fully saturated rings. The van der Waals surface area contributed by atoms with Gasteiger partial charge in [0.2, 0.25) is 0 Å². The topological polar surface area (TPSA) is 66.4 Å². The van der Waals surface area contributed by atoms with Gasteiger partial charge in [-0.3, -0.25) is 0 Å². The lowest BCUT2D eigenvalue weighted by atomic mass is 10.3. The molecule has 0 aliphatic rings. The second-order valence-electron chi connectivity index (χ2n) is 3.82. The van der Waals surface area contributed by atoms with E-state index in [-0.39, 0.29) is 12.4 Å². The summed E-state index contributed by atoms with van der Waals surface area (Å²) < 4.78 is 24.0. The minimum Gasteiger partial charge on any atom is -0.396 e. The van der Waals surface area contributed by atoms with Gasteiger partial charge in [0.25, 0.3) is 0 Å². The molecule has 1 aromatic carbocycles. The molecule has 17 heavy (non-hydrogen) atoms. The number of aliphatic hydroxyl groups is 1. The molecule has 0 aromatic heterocycles. The van der Waals surface area contributed by atoms with Crippen molar-refractivity contribution in [2.75, 3.05) is 24.2 Å². The van der Waals surface area contributed by atoms with Crippen LogP contribution in [0.3, 0.4) is 0 Å². The maximum atomic E-state index is 12.0. The van der Waals surface area contributed by atoms with Crippen molar-refractivity contribution in [2.45, 2.75) is 24.7 Å². The van der Waals surface area contributed by atoms with Crippen molar-refractivity contribution >= 4 is 15.5 Å². The Morgan fingerprint density at radius 3 is 2.65 bits per heavy atom. The van der Waals surface area contributed by atoms with Crippen molar-refractivity contribution in [1.29, 1.82) is 0 Å². The van der Waals surface area contributed by atoms with E-state index in [2.05, 4.69) is 5.32 Å². The lowest BCUT2D eigenvalue weighted by molar-refractivity contribution is 0.292. The number of aliphatic hydroxyl groups excluding tert-OH is 1. The van der Waals surface area contributed by atoms with Crippen molar-refractivity contribution in [3.63, 3.8) is 0 Å². The molecule has 96 valence electrons. The predicted molar refractivity (Wildman–Crippen MR) is 69.0 cm³/mol. The third-order valence-electron chi connectivity index (χ3n) is 2.35. The Morgan fingerprint density at radius 2 is 2.00 bits per heavy atom. The average molecular weight is 257 g/mol. The van der Waals surface area contributed by atoms with Crippen LogP contribution in [-0.4, -0.2) is 32.4 Å². The van der Waals surface area contributed by atoms with Crippen LogP contribution in [0.25, 0.3) is 0 Å². The van der Waals surface area contributed by atoms with Crippen molar-refractivity contribution in [3.05, 3.63) is 24.3 Å². The molecule has 0 atom stereocenters. The molecule has 0 spiro atoms. The van der Waals surface area contributed by atoms with Gasteiger partial charge in [-0.05, 0) is 25.0 Å². The summed E-state index contributed by atoms with van der Waals surface area (Å²) in [6.07, 6.45) is 1.20. The highest BCUT2D eigenvalue weighted by molar-refractivity contribution is 7.91. The van der Waals surface area contributed by atoms with Gasteiger partial charge in [-0.15, -0.1) is 0 Å². The van der Waals surface area contributed by atoms with Crippen LogP contribution in [0.4, 0.5) is 5.69 Å². The third-order valence-corrected chi connectivity index (χ3v) is 4.32. The quantitative estimate of drug-likeness (QED) is 0.729. The van der Waals surface area contributed by atoms with Gasteiger partial charge in [0.1, 0.15) is 0 Å². The fourth-order valence-electron chi connectivity index (χ4n) is 1.56. The summed E-state index contributed by atoms with van der Waals surface area (Å²) in [6, 6.07) is 6.89. The van der Waals surface area contributed by atoms with Crippen molar-refractivity contribution in [1.82, 2.24) is 0 Å². The molecular formula is C12H19NO3S. The smallest absolute Gasteiger partial charge is 0.180 e. The standard InChI is InChI=1S/C12H19NO3S/c1-2-10-17(15,16)12-7-4-3-6-11(12)13-8-5-9-14/h3-4,6-7,13-14H,2,5,8-10H2,1H3. The zero-order chi connectivity index (χ0) is 12.7. The third kappa shape index (κ3) is 4.02. The molecule has 0 bridgehead atoms. The average Bonchev–Trinajstić information content (AvgIpc) is 2.30. The van der Waals surface area contributed by atoms with Gasteiger partial charge in [-0.25, -0.2) is 8.42 Å². The molecule has 4 nitrogen and oxygen atoms in total. The number of rotatable bonds is 7. The zero-order valence-electron chi connectivity index (χ0n) is 10.0. The summed E-state index contributed by atoms with van der Waals surface area (Å²) in [5, 5.41) is 11.7. The number of hydrogen-bond donors (Lipinski definition) is 2. The van der Waals surface area contributed by atoms with E-state index in [0.717, 1.165) is 0 Å². The Labute approximate surface area is 103 Å². The van der Waals surface area contributed by atoms with Gasteiger partial charge in [0.15, 0.2) is 9.84 Å². The SMILES string of the molecule is CCCS(=O)(=O)c1ccccc1NCCCO. The minimum atomic E-state index is -3.20. The van der Waals surface area contributed by atoms with Crippen molar-refractivity contribution < 1.29 is 13.5 Å². The van der Waals surface area contributed by atoms with Crippen molar-refractivity contribution in [2.24, 2.45) is 0 Å². The van der Waals surface area contributed by atoms with Gasteiger partial charge in [0, 0.05) is 13.2 Å². The van der Waals surface area contributed by atoms with Crippen LogP contribution in [0, 0.1) is 0 Å². The zero-order valence-corrected chi connectivity index (χ0v) is 10.8. The lowest BCUT2D eigenvalue weighted by Crippen LogP contribution is -2.11. The van der Waals surface area contributed by atoms with Crippen LogP contribution < -0.4 is 5.32 Å². The van der Waals surface area contributed by atoms with E-state index in [1.807, 2.05) is 6.92 Å². The Morgan fingerprint density at radius 1 is 1.29 bits per heavy atom. The predicted octanol–water partition coefficient (Wildman–Crippen LogP) is 1.66. The van der Waals surface area contributed by atoms with Crippen LogP contribution in [0.5, 0.6) is 0 Å². The summed E-state index contributed by atoms with van der Waals surface area (Å²) in [6.45, 7) is 2.51. The Bertz CT molecular complexity index is 443. The van der Waals surface area contributed by atoms with Gasteiger partial charge >= 0.3 is 0 Å². The van der Waals surface area contributed by atoms with Crippen LogP contribution >= 0.6 is 0 Å². The normalized spacial score (nSPS) is 11.4. The summed E-state index contributed by atoms with van der Waals surface area (Å²) >= 11 is 0. The second kappa shape index (κ2) is 6.61. The Kier molecular flexibility index (Phi) is 5.44. The highest BCUT2D eigenvalue weighted by Crippen LogP contribution is 2.22. The van der Waals surface area contributed by atoms with E-state index in [1.165, 1.54) is 0 Å². The van der Waals surface area contributed by atoms with E-state index >= 15 is 0 Å². The largest absolute Gasteiger partial charge is 0.396 e. The second-order valence-corrected chi connectivity index (χ2v) is 5.90. The molecular weight excluding hydrogens is 238 g/mol. The monoisotopic (exact) mass is 257 g/mol. The van der Waals surface area contributed by atoms with Gasteiger partial charge in [-0.2, -0.15) is 0 Å². The Hall–Kier alpha value is -1.07. The molecule has 0 heterocycles. The first-order valence-electron chi connectivity index (χ1n) is 5.78. The molecule has 2 N–H and O–H groups in total. The maximum absolute atomic E-state index is 12.0. The summed E-state index contributed by atoms with van der Waals surface area (Å²) in [7, 11) is -3.20. The number of nitrogens with one attached hydrogen (secondary N) is 1. The fraction of sp³-hybridized carbons (Fsp3) is 0.500.